The van der Waals surface area contributed by atoms with Crippen LogP contribution in [0.5, 0.6) is 17.2 Å². The first-order valence-electron chi connectivity index (χ1n) is 38.8. The van der Waals surface area contributed by atoms with Crippen molar-refractivity contribution in [1.29, 1.82) is 0 Å². The molecule has 0 unspecified atom stereocenters. The highest BCUT2D eigenvalue weighted by Crippen LogP contribution is 2.42. The summed E-state index contributed by atoms with van der Waals surface area (Å²) in [6, 6.07) is 30.7. The smallest absolute Gasteiger partial charge is 0.254 e. The molecular weight excluding hydrogens is 1630 g/mol. The highest BCUT2D eigenvalue weighted by molar-refractivity contribution is 7.92. The first-order valence-corrected chi connectivity index (χ1v) is 44.5. The fourth-order valence-electron chi connectivity index (χ4n) is 13.1. The van der Waals surface area contributed by atoms with E-state index in [2.05, 4.69) is 66.7 Å². The number of anilines is 12. The number of hydrogen-bond donors (Lipinski definition) is 6. The number of carbonyl (C=O) groups excluding carboxylic acids is 3. The maximum Gasteiger partial charge on any atom is 0.254 e. The number of nitrogens with zero attached hydrogens (tertiary/aromatic N) is 11. The number of hydrogen-bond acceptors (Lipinski definition) is 26. The third kappa shape index (κ3) is 21.1. The number of carbonyl (C=O) groups is 3. The highest BCUT2D eigenvalue weighted by atomic mass is 35.5. The molecular formula is C83H100Cl3N17O12S3. The summed E-state index contributed by atoms with van der Waals surface area (Å²) < 4.78 is 95.6. The average molecular weight is 1730 g/mol. The number of para-hydroxylation sites is 3. The van der Waals surface area contributed by atoms with Gasteiger partial charge >= 0.3 is 0 Å². The first-order chi connectivity index (χ1) is 55.9. The fraction of sp³-hybridized carbons (Fsp3) is 0.386. The van der Waals surface area contributed by atoms with Gasteiger partial charge < -0.3 is 70.6 Å². The van der Waals surface area contributed by atoms with E-state index >= 15 is 0 Å². The molecule has 9 aromatic rings. The minimum Gasteiger partial charge on any atom is -0.489 e. The van der Waals surface area contributed by atoms with Gasteiger partial charge in [-0.1, -0.05) is 71.2 Å². The molecule has 0 spiro atoms. The molecule has 0 saturated carbocycles. The van der Waals surface area contributed by atoms with Gasteiger partial charge in [-0.25, -0.2) is 40.2 Å². The second kappa shape index (κ2) is 37.8. The van der Waals surface area contributed by atoms with Crippen LogP contribution in [0.2, 0.25) is 15.1 Å². The van der Waals surface area contributed by atoms with E-state index in [1.165, 1.54) is 31.4 Å². The molecule has 6 aromatic carbocycles. The zero-order valence-corrected chi connectivity index (χ0v) is 73.3. The predicted molar refractivity (Wildman–Crippen MR) is 463 cm³/mol. The molecule has 1 saturated heterocycles. The normalized spacial score (nSPS) is 14.1. The molecule has 1 fully saturated rings. The number of halogens is 3. The number of rotatable bonds is 30. The van der Waals surface area contributed by atoms with Crippen LogP contribution in [0.15, 0.2) is 142 Å². The van der Waals surface area contributed by atoms with E-state index in [1.54, 1.807) is 144 Å². The minimum absolute atomic E-state index is 0.00862. The summed E-state index contributed by atoms with van der Waals surface area (Å²) in [6.45, 7) is 28.0. The van der Waals surface area contributed by atoms with Crippen molar-refractivity contribution in [1.82, 2.24) is 54.4 Å². The monoisotopic (exact) mass is 1730 g/mol. The Kier molecular flexibility index (Phi) is 28.4. The van der Waals surface area contributed by atoms with E-state index in [0.717, 1.165) is 42.9 Å². The Labute approximate surface area is 705 Å². The topological polar surface area (TPSA) is 347 Å². The van der Waals surface area contributed by atoms with Gasteiger partial charge in [0.2, 0.25) is 17.8 Å². The fourth-order valence-corrected chi connectivity index (χ4v) is 17.1. The van der Waals surface area contributed by atoms with Gasteiger partial charge in [0, 0.05) is 69.6 Å². The van der Waals surface area contributed by atoms with Crippen LogP contribution >= 0.6 is 34.8 Å². The number of fused-ring (bicyclic) bond motifs is 3. The number of amides is 3. The van der Waals surface area contributed by atoms with Crippen LogP contribution in [0.1, 0.15) is 144 Å². The summed E-state index contributed by atoms with van der Waals surface area (Å²) in [5, 5.41) is 17.5. The molecule has 35 heteroatoms. The predicted octanol–water partition coefficient (Wildman–Crippen LogP) is 15.9. The van der Waals surface area contributed by atoms with Gasteiger partial charge in [-0.3, -0.25) is 14.4 Å². The SMILES string of the molecule is CC(C)Oc1cc2c(cc1Nc1ncc(Cl)c(Nc3ccccc3S(=O)(=O)C(C)C)n1)C(=O)N(C)C2.CC(C)Oc1cc2c(cc1Nc1ncc(Cl)c(Nc3ccccc3S(=O)(=O)C(C)C)n1)C(=O)N(CCN(C)C)C2.CC(C)Oc1cc2c(cc1Nc1ncc(Cl)c(Nc3ccccc3S(=O)(=O)C(C)C)n1)C(=O)N(CCN1CCCC1)C2. The maximum atomic E-state index is 13.3. The summed E-state index contributed by atoms with van der Waals surface area (Å²) in [4.78, 5) is 75.7. The van der Waals surface area contributed by atoms with Crippen molar-refractivity contribution in [2.75, 3.05) is 92.3 Å². The lowest BCUT2D eigenvalue weighted by atomic mass is 10.1. The molecule has 0 atom stereocenters. The van der Waals surface area contributed by atoms with Crippen molar-refractivity contribution in [3.05, 3.63) is 176 Å². The van der Waals surface area contributed by atoms with Crippen molar-refractivity contribution < 1.29 is 53.8 Å². The minimum atomic E-state index is -3.56. The van der Waals surface area contributed by atoms with Crippen LogP contribution in [-0.4, -0.2) is 192 Å². The molecule has 3 amide bonds. The van der Waals surface area contributed by atoms with E-state index < -0.39 is 45.3 Å². The van der Waals surface area contributed by atoms with Gasteiger partial charge in [-0.2, -0.15) is 15.0 Å². The highest BCUT2D eigenvalue weighted by Gasteiger charge is 2.34. The molecule has 0 radical (unpaired) electrons. The van der Waals surface area contributed by atoms with E-state index in [9.17, 15) is 39.6 Å². The lowest BCUT2D eigenvalue weighted by Crippen LogP contribution is -2.33. The first kappa shape index (κ1) is 88.6. The van der Waals surface area contributed by atoms with Crippen molar-refractivity contribution in [2.45, 2.75) is 164 Å². The summed E-state index contributed by atoms with van der Waals surface area (Å²) in [5.41, 5.74) is 7.17. The molecule has 3 aromatic heterocycles. The Morgan fingerprint density at radius 1 is 0.415 bits per heavy atom. The lowest BCUT2D eigenvalue weighted by molar-refractivity contribution is 0.0758. The van der Waals surface area contributed by atoms with Gasteiger partial charge in [0.25, 0.3) is 17.7 Å². The van der Waals surface area contributed by atoms with Crippen LogP contribution in [0.3, 0.4) is 0 Å². The molecule has 0 bridgehead atoms. The molecule has 118 heavy (non-hydrogen) atoms. The Morgan fingerprint density at radius 2 is 0.729 bits per heavy atom. The quantitative estimate of drug-likeness (QED) is 0.0243. The number of aromatic nitrogens is 6. The molecule has 13 rings (SSSR count). The number of ether oxygens (including phenoxy) is 3. The summed E-state index contributed by atoms with van der Waals surface area (Å²) in [6.07, 6.45) is 6.39. The van der Waals surface area contributed by atoms with Gasteiger partial charge in [-0.15, -0.1) is 0 Å². The average Bonchev–Trinajstić information content (AvgIpc) is 1.59. The summed E-state index contributed by atoms with van der Waals surface area (Å²) >= 11 is 19.2. The van der Waals surface area contributed by atoms with Crippen molar-refractivity contribution >= 4 is 151 Å². The lowest BCUT2D eigenvalue weighted by Gasteiger charge is -2.20. The van der Waals surface area contributed by atoms with Gasteiger partial charge in [0.05, 0.1) is 101 Å². The van der Waals surface area contributed by atoms with Gasteiger partial charge in [0.1, 0.15) is 32.3 Å². The molecule has 4 aliphatic rings. The standard InChI is InChI=1S/C30H37ClN6O4S.C28H35ClN6O4S.C25H28ClN5O4S/c1-19(2)41-26-15-21-18-37(14-13-36-11-7-8-12-36)29(38)22(21)16-25(26)34-30-32-17-23(31)28(35-30)33-24-9-5-6-10-27(24)42(39,40)20(3)4;1-17(2)39-24-13-19-16-35(12-11-34(5)6)27(36)20(19)14-23(24)32-28-30-15-21(29)26(33-28)31-22-9-7-8-10-25(22)40(37,38)18(3)4;1-14(2)35-21-10-16-13-31(5)24(32)17(16)11-20(21)29-25-27-12-18(26)23(30-25)28-19-8-6-7-9-22(19)36(33,34)15(3)4/h5-6,9-10,15-17,19-20H,7-8,11-14,18H2,1-4H3,(H2,32,33,34,35);7-10,13-15,17-18H,11-12,16H2,1-6H3,(H2,30,31,32,33);6-12,14-15H,13H2,1-5H3,(H2,27,28,29,30). The Balaban J connectivity index is 0.000000174. The van der Waals surface area contributed by atoms with Crippen LogP contribution in [0.25, 0.3) is 0 Å². The van der Waals surface area contributed by atoms with Crippen molar-refractivity contribution in [3.8, 4) is 17.2 Å². The zero-order valence-electron chi connectivity index (χ0n) is 68.5. The summed E-state index contributed by atoms with van der Waals surface area (Å²) in [7, 11) is -4.98. The third-order valence-electron chi connectivity index (χ3n) is 19.3. The Bertz CT molecular complexity index is 5580. The number of likely N-dealkylation sites (N-methyl/N-ethyl adjacent to an activating group) is 1. The van der Waals surface area contributed by atoms with E-state index in [-0.39, 0.29) is 101 Å². The summed E-state index contributed by atoms with van der Waals surface area (Å²) in [5.74, 6) is 2.86. The van der Waals surface area contributed by atoms with Crippen LogP contribution < -0.4 is 46.1 Å². The van der Waals surface area contributed by atoms with Crippen molar-refractivity contribution in [3.63, 3.8) is 0 Å². The van der Waals surface area contributed by atoms with Crippen molar-refractivity contribution in [2.24, 2.45) is 0 Å². The van der Waals surface area contributed by atoms with Crippen LogP contribution in [0.4, 0.5) is 69.4 Å². The second-order valence-electron chi connectivity index (χ2n) is 30.7. The molecule has 29 nitrogen and oxygen atoms in total. The molecule has 7 heterocycles. The number of sulfone groups is 3. The van der Waals surface area contributed by atoms with Gasteiger partial charge in [0.15, 0.2) is 47.0 Å². The van der Waals surface area contributed by atoms with E-state index in [1.807, 2.05) is 88.5 Å². The van der Waals surface area contributed by atoms with E-state index in [0.29, 0.717) is 101 Å². The number of likely N-dealkylation sites (tertiary alicyclic amines) is 1. The zero-order chi connectivity index (χ0) is 85.4. The largest absolute Gasteiger partial charge is 0.489 e. The second-order valence-corrected chi connectivity index (χ2v) is 39.3. The number of nitrogens with one attached hydrogen (secondary N) is 6. The maximum absolute atomic E-state index is 13.3. The van der Waals surface area contributed by atoms with Crippen LogP contribution in [0, 0.1) is 0 Å². The Hall–Kier alpha value is -10.2. The van der Waals surface area contributed by atoms with Gasteiger partial charge in [-0.05, 0) is 213 Å². The van der Waals surface area contributed by atoms with E-state index in [4.69, 9.17) is 49.0 Å². The molecule has 4 aliphatic heterocycles. The number of benzene rings is 6. The molecule has 6 N–H and O–H groups in total. The van der Waals surface area contributed by atoms with Crippen LogP contribution in [-0.2, 0) is 49.1 Å². The third-order valence-corrected chi connectivity index (χ3v) is 26.8. The molecule has 0 aliphatic carbocycles. The Morgan fingerprint density at radius 3 is 1.05 bits per heavy atom. The molecule has 628 valence electrons.